The van der Waals surface area contributed by atoms with Gasteiger partial charge in [0.25, 0.3) is 5.91 Å². The maximum Gasteiger partial charge on any atom is 0.254 e. The molecule has 0 N–H and O–H groups in total. The number of hydrogen-bond acceptors (Lipinski definition) is 3. The van der Waals surface area contributed by atoms with E-state index in [1.165, 1.54) is 0 Å². The van der Waals surface area contributed by atoms with Gasteiger partial charge in [0, 0.05) is 31.3 Å². The Morgan fingerprint density at radius 2 is 2.00 bits per heavy atom. The molecule has 0 saturated carbocycles. The first kappa shape index (κ1) is 15.3. The van der Waals surface area contributed by atoms with Gasteiger partial charge in [-0.1, -0.05) is 0 Å². The zero-order chi connectivity index (χ0) is 16.2. The van der Waals surface area contributed by atoms with Gasteiger partial charge in [-0.2, -0.15) is 0 Å². The number of rotatable bonds is 4. The number of furan rings is 1. The summed E-state index contributed by atoms with van der Waals surface area (Å²) in [5, 5.41) is 0. The Balaban J connectivity index is 1.68. The summed E-state index contributed by atoms with van der Waals surface area (Å²) in [5.41, 5.74) is 1.47. The van der Waals surface area contributed by atoms with E-state index in [-0.39, 0.29) is 11.8 Å². The first-order valence-corrected chi connectivity index (χ1v) is 7.83. The third kappa shape index (κ3) is 3.44. The van der Waals surface area contributed by atoms with Crippen LogP contribution in [0.3, 0.4) is 0 Å². The number of amides is 2. The number of piperidine rings is 1. The molecule has 1 fully saturated rings. The normalized spacial score (nSPS) is 14.8. The molecule has 1 saturated heterocycles. The summed E-state index contributed by atoms with van der Waals surface area (Å²) in [6.07, 6.45) is 4.19. The van der Waals surface area contributed by atoms with E-state index < -0.39 is 0 Å². The average Bonchev–Trinajstić information content (AvgIpc) is 3.08. The van der Waals surface area contributed by atoms with Gasteiger partial charge >= 0.3 is 0 Å². The fraction of sp³-hybridized carbons (Fsp3) is 0.333. The number of hydrogen-bond donors (Lipinski definition) is 0. The summed E-state index contributed by atoms with van der Waals surface area (Å²) < 4.78 is 5.26. The first-order chi connectivity index (χ1) is 11.1. The van der Waals surface area contributed by atoms with Crippen LogP contribution < -0.4 is 4.90 Å². The van der Waals surface area contributed by atoms with Gasteiger partial charge in [0.05, 0.1) is 12.8 Å². The summed E-state index contributed by atoms with van der Waals surface area (Å²) in [5.74, 6) is 0.833. The maximum atomic E-state index is 12.4. The van der Waals surface area contributed by atoms with Crippen LogP contribution in [-0.2, 0) is 11.3 Å². The molecule has 2 amide bonds. The van der Waals surface area contributed by atoms with E-state index in [1.54, 1.807) is 41.3 Å². The van der Waals surface area contributed by atoms with Crippen molar-refractivity contribution in [2.75, 3.05) is 18.5 Å². The SMILES string of the molecule is CN(Cc1ccco1)C(=O)c1ccc(N2CCCCC2=O)cc1. The van der Waals surface area contributed by atoms with Crippen LogP contribution in [0.5, 0.6) is 0 Å². The Hall–Kier alpha value is -2.56. The molecule has 0 aliphatic carbocycles. The molecule has 2 heterocycles. The van der Waals surface area contributed by atoms with E-state index in [1.807, 2.05) is 18.2 Å². The first-order valence-electron chi connectivity index (χ1n) is 7.83. The zero-order valence-electron chi connectivity index (χ0n) is 13.2. The molecule has 0 spiro atoms. The predicted octanol–water partition coefficient (Wildman–Crippen LogP) is 3.07. The lowest BCUT2D eigenvalue weighted by atomic mass is 10.1. The van der Waals surface area contributed by atoms with Crippen LogP contribution in [0, 0.1) is 0 Å². The molecular formula is C18H20N2O3. The van der Waals surface area contributed by atoms with Crippen LogP contribution in [-0.4, -0.2) is 30.3 Å². The highest BCUT2D eigenvalue weighted by Crippen LogP contribution is 2.21. The molecule has 5 nitrogen and oxygen atoms in total. The molecule has 0 bridgehead atoms. The average molecular weight is 312 g/mol. The van der Waals surface area contributed by atoms with Gasteiger partial charge < -0.3 is 14.2 Å². The molecular weight excluding hydrogens is 292 g/mol. The van der Waals surface area contributed by atoms with Crippen LogP contribution in [0.25, 0.3) is 0 Å². The fourth-order valence-electron chi connectivity index (χ4n) is 2.79. The molecule has 5 heteroatoms. The minimum absolute atomic E-state index is 0.0714. The van der Waals surface area contributed by atoms with Gasteiger partial charge in [0.2, 0.25) is 5.91 Å². The lowest BCUT2D eigenvalue weighted by Crippen LogP contribution is -2.35. The van der Waals surface area contributed by atoms with Crippen LogP contribution in [0.15, 0.2) is 47.1 Å². The van der Waals surface area contributed by atoms with Gasteiger partial charge in [-0.25, -0.2) is 0 Å². The highest BCUT2D eigenvalue weighted by atomic mass is 16.3. The lowest BCUT2D eigenvalue weighted by Gasteiger charge is -2.27. The number of carbonyl (C=O) groups is 2. The Bertz CT molecular complexity index is 677. The topological polar surface area (TPSA) is 53.8 Å². The van der Waals surface area contributed by atoms with Crippen LogP contribution in [0.4, 0.5) is 5.69 Å². The van der Waals surface area contributed by atoms with Crippen molar-refractivity contribution in [2.24, 2.45) is 0 Å². The Morgan fingerprint density at radius 1 is 1.22 bits per heavy atom. The van der Waals surface area contributed by atoms with Gasteiger partial charge in [-0.15, -0.1) is 0 Å². The van der Waals surface area contributed by atoms with Crippen molar-refractivity contribution >= 4 is 17.5 Å². The van der Waals surface area contributed by atoms with Crippen LogP contribution >= 0.6 is 0 Å². The van der Waals surface area contributed by atoms with Crippen molar-refractivity contribution in [3.63, 3.8) is 0 Å². The third-order valence-electron chi connectivity index (χ3n) is 4.07. The number of benzene rings is 1. The van der Waals surface area contributed by atoms with Crippen molar-refractivity contribution in [1.82, 2.24) is 4.90 Å². The Kier molecular flexibility index (Phi) is 4.46. The monoisotopic (exact) mass is 312 g/mol. The van der Waals surface area contributed by atoms with Crippen LogP contribution in [0.1, 0.15) is 35.4 Å². The second kappa shape index (κ2) is 6.69. The van der Waals surface area contributed by atoms with E-state index in [4.69, 9.17) is 4.42 Å². The summed E-state index contributed by atoms with van der Waals surface area (Å²) >= 11 is 0. The van der Waals surface area contributed by atoms with E-state index in [2.05, 4.69) is 0 Å². The van der Waals surface area contributed by atoms with Crippen molar-refractivity contribution in [3.8, 4) is 0 Å². The largest absolute Gasteiger partial charge is 0.467 e. The van der Waals surface area contributed by atoms with E-state index >= 15 is 0 Å². The Morgan fingerprint density at radius 3 is 2.65 bits per heavy atom. The van der Waals surface area contributed by atoms with Crippen LogP contribution in [0.2, 0.25) is 0 Å². The highest BCUT2D eigenvalue weighted by molar-refractivity contribution is 5.96. The van der Waals surface area contributed by atoms with Crippen molar-refractivity contribution < 1.29 is 14.0 Å². The number of nitrogens with zero attached hydrogens (tertiary/aromatic N) is 2. The number of carbonyl (C=O) groups excluding carboxylic acids is 2. The molecule has 1 aromatic heterocycles. The summed E-state index contributed by atoms with van der Waals surface area (Å²) in [6, 6.07) is 10.9. The molecule has 2 aromatic rings. The minimum Gasteiger partial charge on any atom is -0.467 e. The second-order valence-electron chi connectivity index (χ2n) is 5.79. The molecule has 1 aliphatic rings. The fourth-order valence-corrected chi connectivity index (χ4v) is 2.79. The van der Waals surface area contributed by atoms with Gasteiger partial charge in [-0.3, -0.25) is 9.59 Å². The van der Waals surface area contributed by atoms with E-state index in [0.29, 0.717) is 18.5 Å². The smallest absolute Gasteiger partial charge is 0.254 e. The molecule has 120 valence electrons. The molecule has 0 unspecified atom stereocenters. The van der Waals surface area contributed by atoms with Gasteiger partial charge in [0.15, 0.2) is 0 Å². The zero-order valence-corrected chi connectivity index (χ0v) is 13.2. The molecule has 3 rings (SSSR count). The second-order valence-corrected chi connectivity index (χ2v) is 5.79. The quantitative estimate of drug-likeness (QED) is 0.872. The summed E-state index contributed by atoms with van der Waals surface area (Å²) in [7, 11) is 1.74. The van der Waals surface area contributed by atoms with E-state index in [0.717, 1.165) is 30.8 Å². The highest BCUT2D eigenvalue weighted by Gasteiger charge is 2.20. The van der Waals surface area contributed by atoms with Crippen molar-refractivity contribution in [3.05, 3.63) is 54.0 Å². The predicted molar refractivity (Wildman–Crippen MR) is 87.2 cm³/mol. The Labute approximate surface area is 135 Å². The molecule has 0 radical (unpaired) electrons. The summed E-state index contributed by atoms with van der Waals surface area (Å²) in [6.45, 7) is 1.18. The van der Waals surface area contributed by atoms with Crippen molar-refractivity contribution in [1.29, 1.82) is 0 Å². The molecule has 1 aromatic carbocycles. The minimum atomic E-state index is -0.0714. The number of anilines is 1. The lowest BCUT2D eigenvalue weighted by molar-refractivity contribution is -0.119. The molecule has 23 heavy (non-hydrogen) atoms. The summed E-state index contributed by atoms with van der Waals surface area (Å²) in [4.78, 5) is 27.8. The molecule has 0 atom stereocenters. The molecule has 1 aliphatic heterocycles. The van der Waals surface area contributed by atoms with E-state index in [9.17, 15) is 9.59 Å². The maximum absolute atomic E-state index is 12.4. The van der Waals surface area contributed by atoms with Gasteiger partial charge in [-0.05, 0) is 49.2 Å². The van der Waals surface area contributed by atoms with Crippen molar-refractivity contribution in [2.45, 2.75) is 25.8 Å². The third-order valence-corrected chi connectivity index (χ3v) is 4.07. The van der Waals surface area contributed by atoms with Gasteiger partial charge in [0.1, 0.15) is 5.76 Å². The standard InChI is InChI=1S/C18H20N2O3/c1-19(13-16-5-4-12-23-16)18(22)14-7-9-15(10-8-14)20-11-3-2-6-17(20)21/h4-5,7-10,12H,2-3,6,11,13H2,1H3.